The average Bonchev–Trinajstić information content (AvgIpc) is 3.28. The van der Waals surface area contributed by atoms with Crippen LogP contribution in [0.15, 0.2) is 18.5 Å². The maximum absolute atomic E-state index is 12.9. The molecule has 10 heteroatoms. The molecule has 3 N–H and O–H groups in total. The molecule has 1 saturated heterocycles. The van der Waals surface area contributed by atoms with Gasteiger partial charge in [-0.2, -0.15) is 0 Å². The zero-order valence-electron chi connectivity index (χ0n) is 18.3. The summed E-state index contributed by atoms with van der Waals surface area (Å²) in [6.07, 6.45) is 4.05. The lowest BCUT2D eigenvalue weighted by Crippen LogP contribution is -2.50. The molecule has 3 heterocycles. The smallest absolute Gasteiger partial charge is 0.342 e. The van der Waals surface area contributed by atoms with Crippen molar-refractivity contribution in [2.45, 2.75) is 32.0 Å². The lowest BCUT2D eigenvalue weighted by atomic mass is 10.0. The molecule has 9 nitrogen and oxygen atoms in total. The van der Waals surface area contributed by atoms with Crippen molar-refractivity contribution in [2.75, 3.05) is 50.9 Å². The number of anilines is 2. The summed E-state index contributed by atoms with van der Waals surface area (Å²) >= 11 is 6.23. The predicted molar refractivity (Wildman–Crippen MR) is 121 cm³/mol. The number of nitrogens with zero attached hydrogens (tertiary/aromatic N) is 3. The number of rotatable bonds is 7. The number of piperidine rings is 1. The summed E-state index contributed by atoms with van der Waals surface area (Å²) in [6, 6.07) is 1.53. The second kappa shape index (κ2) is 9.89. The Morgan fingerprint density at radius 1 is 1.38 bits per heavy atom. The molecule has 0 bridgehead atoms. The van der Waals surface area contributed by atoms with E-state index in [1.165, 1.54) is 6.07 Å². The first-order chi connectivity index (χ1) is 15.5. The number of hydrogen-bond donors (Lipinski definition) is 2. The Balaban J connectivity index is 1.34. The van der Waals surface area contributed by atoms with Crippen molar-refractivity contribution in [3.8, 4) is 5.75 Å². The van der Waals surface area contributed by atoms with Gasteiger partial charge in [-0.15, -0.1) is 0 Å². The number of halogens is 1. The van der Waals surface area contributed by atoms with Gasteiger partial charge in [-0.1, -0.05) is 11.6 Å². The predicted octanol–water partition coefficient (Wildman–Crippen LogP) is 2.31. The third kappa shape index (κ3) is 4.74. The van der Waals surface area contributed by atoms with E-state index < -0.39 is 5.97 Å². The number of nitrogen functional groups attached to an aromatic ring is 1. The van der Waals surface area contributed by atoms with E-state index in [1.807, 2.05) is 6.92 Å². The molecule has 4 rings (SSSR count). The number of benzene rings is 1. The first-order valence-corrected chi connectivity index (χ1v) is 11.1. The molecule has 0 unspecified atom stereocenters. The number of esters is 1. The van der Waals surface area contributed by atoms with Crippen molar-refractivity contribution in [1.29, 1.82) is 0 Å². The number of nitrogens with one attached hydrogen (secondary N) is 1. The fourth-order valence-electron chi connectivity index (χ4n) is 4.16. The normalized spacial score (nSPS) is 20.5. The van der Waals surface area contributed by atoms with Crippen LogP contribution in [-0.2, 0) is 15.9 Å². The Kier molecular flexibility index (Phi) is 6.98. The molecule has 32 heavy (non-hydrogen) atoms. The number of likely N-dealkylation sites (tertiary alicyclic amines) is 1. The van der Waals surface area contributed by atoms with E-state index in [-0.39, 0.29) is 12.2 Å². The number of carbonyl (C=O) groups excluding carboxylic acids is 1. The molecular weight excluding hydrogens is 434 g/mol. The van der Waals surface area contributed by atoms with Gasteiger partial charge >= 0.3 is 5.97 Å². The molecule has 2 atom stereocenters. The summed E-state index contributed by atoms with van der Waals surface area (Å²) in [5.74, 6) is 0.801. The first kappa shape index (κ1) is 22.6. The zero-order chi connectivity index (χ0) is 22.7. The average molecular weight is 462 g/mol. The van der Waals surface area contributed by atoms with Gasteiger partial charge in [0.2, 0.25) is 0 Å². The van der Waals surface area contributed by atoms with E-state index in [9.17, 15) is 4.79 Å². The van der Waals surface area contributed by atoms with Crippen LogP contribution in [0, 0.1) is 6.92 Å². The van der Waals surface area contributed by atoms with Crippen LogP contribution in [0.2, 0.25) is 5.02 Å². The zero-order valence-corrected chi connectivity index (χ0v) is 19.0. The van der Waals surface area contributed by atoms with Crippen LogP contribution in [-0.4, -0.2) is 72.9 Å². The summed E-state index contributed by atoms with van der Waals surface area (Å²) in [5.41, 5.74) is 8.45. The van der Waals surface area contributed by atoms with Crippen molar-refractivity contribution >= 4 is 29.1 Å². The minimum absolute atomic E-state index is 0.232. The van der Waals surface area contributed by atoms with E-state index in [4.69, 9.17) is 31.5 Å². The van der Waals surface area contributed by atoms with E-state index >= 15 is 0 Å². The Morgan fingerprint density at radius 3 is 2.97 bits per heavy atom. The molecule has 2 aliphatic rings. The molecule has 1 aromatic carbocycles. The number of methoxy groups -OCH3 is 1. The number of hydrogen-bond acceptors (Lipinski definition) is 9. The van der Waals surface area contributed by atoms with Gasteiger partial charge in [0.05, 0.1) is 23.0 Å². The van der Waals surface area contributed by atoms with Crippen molar-refractivity contribution < 1.29 is 19.0 Å². The molecular formula is C22H28ClN5O4. The van der Waals surface area contributed by atoms with E-state index in [0.717, 1.165) is 36.7 Å². The van der Waals surface area contributed by atoms with Crippen molar-refractivity contribution in [2.24, 2.45) is 0 Å². The molecule has 0 amide bonds. The number of carbonyl (C=O) groups is 1. The van der Waals surface area contributed by atoms with Gasteiger partial charge in [0.15, 0.2) is 0 Å². The lowest BCUT2D eigenvalue weighted by Gasteiger charge is -2.37. The fourth-order valence-corrected chi connectivity index (χ4v) is 4.38. The van der Waals surface area contributed by atoms with Gasteiger partial charge in [-0.25, -0.2) is 9.78 Å². The highest BCUT2D eigenvalue weighted by atomic mass is 35.5. The van der Waals surface area contributed by atoms with Crippen molar-refractivity contribution in [3.63, 3.8) is 0 Å². The highest BCUT2D eigenvalue weighted by molar-refractivity contribution is 6.33. The number of aromatic nitrogens is 2. The largest absolute Gasteiger partial charge is 0.492 e. The first-order valence-electron chi connectivity index (χ1n) is 10.7. The van der Waals surface area contributed by atoms with Crippen LogP contribution in [0.4, 0.5) is 11.5 Å². The van der Waals surface area contributed by atoms with Crippen LogP contribution in [0.3, 0.4) is 0 Å². The number of fused-ring (bicyclic) bond motifs is 1. The fraction of sp³-hybridized carbons (Fsp3) is 0.500. The third-order valence-corrected chi connectivity index (χ3v) is 6.25. The summed E-state index contributed by atoms with van der Waals surface area (Å²) in [5, 5.41) is 3.65. The van der Waals surface area contributed by atoms with Crippen molar-refractivity contribution in [1.82, 2.24) is 14.9 Å². The van der Waals surface area contributed by atoms with Gasteiger partial charge in [0.25, 0.3) is 0 Å². The Bertz CT molecular complexity index is 989. The molecule has 0 saturated carbocycles. The number of nitrogens with two attached hydrogens (primary N) is 1. The Labute approximate surface area is 192 Å². The highest BCUT2D eigenvalue weighted by Gasteiger charge is 2.34. The van der Waals surface area contributed by atoms with Crippen LogP contribution in [0.25, 0.3) is 0 Å². The molecule has 1 aromatic heterocycles. The van der Waals surface area contributed by atoms with E-state index in [1.54, 1.807) is 19.5 Å². The molecule has 0 spiro atoms. The van der Waals surface area contributed by atoms with E-state index in [2.05, 4.69) is 20.2 Å². The van der Waals surface area contributed by atoms with Gasteiger partial charge in [0.1, 0.15) is 29.3 Å². The van der Waals surface area contributed by atoms with Crippen LogP contribution >= 0.6 is 11.6 Å². The van der Waals surface area contributed by atoms with Crippen LogP contribution in [0.5, 0.6) is 5.75 Å². The summed E-state index contributed by atoms with van der Waals surface area (Å²) < 4.78 is 17.1. The number of aryl methyl sites for hydroxylation is 1. The van der Waals surface area contributed by atoms with Gasteiger partial charge in [0, 0.05) is 57.7 Å². The minimum atomic E-state index is -0.467. The second-order valence-corrected chi connectivity index (χ2v) is 8.36. The van der Waals surface area contributed by atoms with Gasteiger partial charge in [-0.05, 0) is 19.4 Å². The molecule has 1 fully saturated rings. The van der Waals surface area contributed by atoms with Crippen molar-refractivity contribution in [3.05, 3.63) is 40.3 Å². The van der Waals surface area contributed by atoms with Crippen LogP contribution in [0.1, 0.15) is 28.0 Å². The summed E-state index contributed by atoms with van der Waals surface area (Å²) in [7, 11) is 1.64. The summed E-state index contributed by atoms with van der Waals surface area (Å²) in [6.45, 7) is 5.38. The maximum atomic E-state index is 12.9. The standard InChI is InChI=1S/C22H28ClN5O4/c1-13-21(26-6-5-25-13)27-7-9-28-8-3-17(18(12-28)30-2)32-22(29)15-11-16(23)19(24)14-4-10-31-20(14)15/h5-6,11,17-18H,3-4,7-10,12,24H2,1-2H3,(H,26,27)/t17-,18+/m1/s1. The molecule has 0 aliphatic carbocycles. The van der Waals surface area contributed by atoms with Gasteiger partial charge in [-0.3, -0.25) is 9.88 Å². The molecule has 172 valence electrons. The minimum Gasteiger partial charge on any atom is -0.492 e. The maximum Gasteiger partial charge on any atom is 0.342 e. The third-order valence-electron chi connectivity index (χ3n) is 5.94. The SMILES string of the molecule is CO[C@H]1CN(CCNc2nccnc2C)CC[C@H]1OC(=O)c1cc(Cl)c(N)c2c1OCC2. The molecule has 2 aromatic rings. The quantitative estimate of drug-likeness (QED) is 0.473. The van der Waals surface area contributed by atoms with E-state index in [0.29, 0.717) is 48.0 Å². The van der Waals surface area contributed by atoms with Crippen LogP contribution < -0.4 is 15.8 Å². The molecule has 0 radical (unpaired) electrons. The monoisotopic (exact) mass is 461 g/mol. The second-order valence-electron chi connectivity index (χ2n) is 7.95. The Morgan fingerprint density at radius 2 is 2.19 bits per heavy atom. The number of ether oxygens (including phenoxy) is 3. The Hall–Kier alpha value is -2.62. The lowest BCUT2D eigenvalue weighted by molar-refractivity contribution is -0.0722. The highest BCUT2D eigenvalue weighted by Crippen LogP contribution is 2.39. The summed E-state index contributed by atoms with van der Waals surface area (Å²) in [4.78, 5) is 23.8. The molecule has 2 aliphatic heterocycles. The van der Waals surface area contributed by atoms with Gasteiger partial charge < -0.3 is 25.3 Å². The topological polar surface area (TPSA) is 112 Å².